The van der Waals surface area contributed by atoms with Gasteiger partial charge in [0.1, 0.15) is 5.78 Å². The Labute approximate surface area is 190 Å². The van der Waals surface area contributed by atoms with Crippen molar-refractivity contribution in [2.75, 3.05) is 0 Å². The number of ketones is 1. The lowest BCUT2D eigenvalue weighted by atomic mass is 9.83. The summed E-state index contributed by atoms with van der Waals surface area (Å²) in [4.78, 5) is 12.5. The van der Waals surface area contributed by atoms with Crippen LogP contribution in [0.3, 0.4) is 0 Å². The van der Waals surface area contributed by atoms with Crippen LogP contribution >= 0.6 is 0 Å². The highest BCUT2D eigenvalue weighted by Gasteiger charge is 2.21. The summed E-state index contributed by atoms with van der Waals surface area (Å²) in [5.74, 6) is 1.35. The van der Waals surface area contributed by atoms with Crippen LogP contribution < -0.4 is 0 Å². The van der Waals surface area contributed by atoms with Crippen molar-refractivity contribution in [3.63, 3.8) is 0 Å². The van der Waals surface area contributed by atoms with Crippen LogP contribution in [0.4, 0.5) is 0 Å². The largest absolute Gasteiger partial charge is 0.299 e. The highest BCUT2D eigenvalue weighted by Crippen LogP contribution is 2.27. The molecule has 1 saturated carbocycles. The maximum atomic E-state index is 12.5. The second-order valence-corrected chi connectivity index (χ2v) is 9.04. The summed E-state index contributed by atoms with van der Waals surface area (Å²) >= 11 is 0. The Morgan fingerprint density at radius 3 is 2.39 bits per heavy atom. The summed E-state index contributed by atoms with van der Waals surface area (Å²) in [6, 6.07) is 16.9. The number of hydrogen-bond acceptors (Lipinski definition) is 1. The van der Waals surface area contributed by atoms with Crippen LogP contribution in [0.5, 0.6) is 0 Å². The average molecular weight is 417 g/mol. The van der Waals surface area contributed by atoms with Crippen molar-refractivity contribution in [3.8, 4) is 0 Å². The molecule has 1 aliphatic carbocycles. The second kappa shape index (κ2) is 13.1. The predicted octanol–water partition coefficient (Wildman–Crippen LogP) is 8.48. The summed E-state index contributed by atoms with van der Waals surface area (Å²) in [5.41, 5.74) is 6.03. The first-order chi connectivity index (χ1) is 14.9. The standard InChI is InChI=1S/C20H26O.C10H14/c1-3-4-10-16(2)19-14-9-8-13-18(19)15-20(21)17-11-6-5-7-12-17;1-8(2)10-6-4-5-9(3)7-10/h4,8-10,13-14,17H,2-3,5-7,11-12,15H2,1H3;4-8H,1-3H3/b10-4-;. The molecule has 0 bridgehead atoms. The fraction of sp³-hybridized carbons (Fsp3) is 0.433. The van der Waals surface area contributed by atoms with Gasteiger partial charge in [-0.05, 0) is 54.4 Å². The molecule has 0 heterocycles. The van der Waals surface area contributed by atoms with Crippen molar-refractivity contribution in [2.24, 2.45) is 5.92 Å². The van der Waals surface area contributed by atoms with E-state index in [0.29, 0.717) is 18.1 Å². The molecular weight excluding hydrogens is 376 g/mol. The Bertz CT molecular complexity index is 865. The van der Waals surface area contributed by atoms with E-state index in [1.165, 1.54) is 30.4 Å². The summed E-state index contributed by atoms with van der Waals surface area (Å²) in [6.07, 6.45) is 11.6. The first-order valence-electron chi connectivity index (χ1n) is 11.9. The van der Waals surface area contributed by atoms with Crippen LogP contribution in [0.25, 0.3) is 5.57 Å². The maximum absolute atomic E-state index is 12.5. The smallest absolute Gasteiger partial charge is 0.140 e. The van der Waals surface area contributed by atoms with E-state index < -0.39 is 0 Å². The predicted molar refractivity (Wildman–Crippen MR) is 135 cm³/mol. The van der Waals surface area contributed by atoms with Crippen LogP contribution in [0.2, 0.25) is 0 Å². The highest BCUT2D eigenvalue weighted by molar-refractivity contribution is 5.86. The highest BCUT2D eigenvalue weighted by atomic mass is 16.1. The normalized spacial score (nSPS) is 14.4. The van der Waals surface area contributed by atoms with Gasteiger partial charge >= 0.3 is 0 Å². The molecule has 0 saturated heterocycles. The average Bonchev–Trinajstić information content (AvgIpc) is 2.79. The first-order valence-corrected chi connectivity index (χ1v) is 11.9. The van der Waals surface area contributed by atoms with E-state index in [9.17, 15) is 4.79 Å². The van der Waals surface area contributed by atoms with Crippen LogP contribution in [0.1, 0.15) is 87.5 Å². The van der Waals surface area contributed by atoms with Crippen molar-refractivity contribution >= 4 is 11.4 Å². The number of carbonyl (C=O) groups excluding carboxylic acids is 1. The fourth-order valence-electron chi connectivity index (χ4n) is 4.12. The third-order valence-electron chi connectivity index (χ3n) is 6.05. The zero-order valence-corrected chi connectivity index (χ0v) is 20.0. The Morgan fingerprint density at radius 2 is 1.77 bits per heavy atom. The van der Waals surface area contributed by atoms with Gasteiger partial charge < -0.3 is 0 Å². The van der Waals surface area contributed by atoms with Crippen molar-refractivity contribution in [3.05, 3.63) is 89.5 Å². The van der Waals surface area contributed by atoms with Crippen molar-refractivity contribution in [1.82, 2.24) is 0 Å². The number of rotatable bonds is 7. The topological polar surface area (TPSA) is 17.1 Å². The zero-order valence-electron chi connectivity index (χ0n) is 20.0. The number of benzene rings is 2. The minimum atomic E-state index is 0.284. The van der Waals surface area contributed by atoms with Crippen LogP contribution in [-0.4, -0.2) is 5.78 Å². The maximum Gasteiger partial charge on any atom is 0.140 e. The van der Waals surface area contributed by atoms with Crippen molar-refractivity contribution in [2.45, 2.75) is 78.6 Å². The van der Waals surface area contributed by atoms with E-state index >= 15 is 0 Å². The molecular formula is C30H40O. The molecule has 1 heteroatoms. The first kappa shape index (κ1) is 24.9. The van der Waals surface area contributed by atoms with E-state index in [2.05, 4.69) is 82.8 Å². The van der Waals surface area contributed by atoms with Gasteiger partial charge in [-0.2, -0.15) is 0 Å². The molecule has 0 unspecified atom stereocenters. The van der Waals surface area contributed by atoms with Gasteiger partial charge in [-0.3, -0.25) is 4.79 Å². The van der Waals surface area contributed by atoms with Crippen LogP contribution in [-0.2, 0) is 11.2 Å². The number of carbonyl (C=O) groups is 1. The molecule has 1 fully saturated rings. The Morgan fingerprint density at radius 1 is 1.06 bits per heavy atom. The van der Waals surface area contributed by atoms with Gasteiger partial charge in [-0.15, -0.1) is 0 Å². The molecule has 166 valence electrons. The zero-order chi connectivity index (χ0) is 22.6. The van der Waals surface area contributed by atoms with Gasteiger partial charge in [0.15, 0.2) is 0 Å². The Hall–Kier alpha value is -2.41. The lowest BCUT2D eigenvalue weighted by molar-refractivity contribution is -0.123. The summed E-state index contributed by atoms with van der Waals surface area (Å²) in [5, 5.41) is 0. The molecule has 0 aromatic heterocycles. The molecule has 0 atom stereocenters. The van der Waals surface area contributed by atoms with Gasteiger partial charge in [-0.1, -0.05) is 113 Å². The number of Topliss-reactive ketones (excluding diaryl/α,β-unsaturated/α-hetero) is 1. The molecule has 1 aliphatic rings. The molecule has 3 rings (SSSR count). The molecule has 0 spiro atoms. The summed E-state index contributed by atoms with van der Waals surface area (Å²) < 4.78 is 0. The van der Waals surface area contributed by atoms with Crippen LogP contribution in [0, 0.1) is 12.8 Å². The van der Waals surface area contributed by atoms with Crippen LogP contribution in [0.15, 0.2) is 67.3 Å². The molecule has 0 aliphatic heterocycles. The molecule has 2 aromatic carbocycles. The van der Waals surface area contributed by atoms with Crippen molar-refractivity contribution in [1.29, 1.82) is 0 Å². The minimum absolute atomic E-state index is 0.284. The van der Waals surface area contributed by atoms with Crippen molar-refractivity contribution < 1.29 is 4.79 Å². The van der Waals surface area contributed by atoms with Gasteiger partial charge in [-0.25, -0.2) is 0 Å². The third-order valence-corrected chi connectivity index (χ3v) is 6.05. The Kier molecular flexibility index (Phi) is 10.5. The van der Waals surface area contributed by atoms with Gasteiger partial charge in [0.2, 0.25) is 0 Å². The summed E-state index contributed by atoms with van der Waals surface area (Å²) in [7, 11) is 0. The van der Waals surface area contributed by atoms with Gasteiger partial charge in [0.25, 0.3) is 0 Å². The van der Waals surface area contributed by atoms with E-state index in [1.807, 2.05) is 12.1 Å². The molecule has 0 amide bonds. The van der Waals surface area contributed by atoms with E-state index in [-0.39, 0.29) is 5.92 Å². The number of aryl methyl sites for hydroxylation is 1. The number of allylic oxidation sites excluding steroid dienone is 3. The molecule has 2 aromatic rings. The van der Waals surface area contributed by atoms with E-state index in [0.717, 1.165) is 36.0 Å². The number of hydrogen-bond donors (Lipinski definition) is 0. The lowest BCUT2D eigenvalue weighted by Gasteiger charge is -2.21. The molecule has 0 radical (unpaired) electrons. The molecule has 0 N–H and O–H groups in total. The molecule has 31 heavy (non-hydrogen) atoms. The SMILES string of the molecule is C=C(/C=C\CC)c1ccccc1CC(=O)C1CCCCC1.Cc1cccc(C(C)C)c1. The lowest BCUT2D eigenvalue weighted by Crippen LogP contribution is -2.20. The monoisotopic (exact) mass is 416 g/mol. The summed E-state index contributed by atoms with van der Waals surface area (Å²) in [6.45, 7) is 12.8. The van der Waals surface area contributed by atoms with E-state index in [4.69, 9.17) is 0 Å². The fourth-order valence-corrected chi connectivity index (χ4v) is 4.12. The molecule has 1 nitrogen and oxygen atoms in total. The van der Waals surface area contributed by atoms with E-state index in [1.54, 1.807) is 0 Å². The van der Waals surface area contributed by atoms with Gasteiger partial charge in [0, 0.05) is 12.3 Å². The minimum Gasteiger partial charge on any atom is -0.299 e. The second-order valence-electron chi connectivity index (χ2n) is 9.04. The Balaban J connectivity index is 0.000000285. The third kappa shape index (κ3) is 8.32. The van der Waals surface area contributed by atoms with Gasteiger partial charge in [0.05, 0.1) is 0 Å². The quantitative estimate of drug-likeness (QED) is 0.414.